The second-order valence-electron chi connectivity index (χ2n) is 5.11. The summed E-state index contributed by atoms with van der Waals surface area (Å²) >= 11 is 0. The number of aromatic carboxylic acids is 1. The maximum Gasteiger partial charge on any atom is 0.341 e. The molecule has 0 aliphatic heterocycles. The molecule has 0 atom stereocenters. The maximum absolute atomic E-state index is 12.4. The van der Waals surface area contributed by atoms with Crippen LogP contribution >= 0.6 is 0 Å². The molecule has 0 aliphatic rings. The van der Waals surface area contributed by atoms with E-state index in [1.54, 1.807) is 0 Å². The molecule has 0 radical (unpaired) electrons. The Hall–Kier alpha value is -2.81. The lowest BCUT2D eigenvalue weighted by Gasteiger charge is -2.13. The quantitative estimate of drug-likeness (QED) is 0.836. The molecule has 0 aliphatic carbocycles. The molecule has 0 bridgehead atoms. The van der Waals surface area contributed by atoms with Crippen LogP contribution in [0.5, 0.6) is 5.75 Å². The number of anilines is 1. The zero-order chi connectivity index (χ0) is 18.1. The molecule has 0 unspecified atom stereocenters. The van der Waals surface area contributed by atoms with Gasteiger partial charge in [-0.15, -0.1) is 0 Å². The predicted octanol–water partition coefficient (Wildman–Crippen LogP) is 1.22. The van der Waals surface area contributed by atoms with Gasteiger partial charge in [-0.05, 0) is 36.8 Å². The normalized spacial score (nSPS) is 11.1. The van der Waals surface area contributed by atoms with Crippen molar-refractivity contribution in [3.63, 3.8) is 0 Å². The van der Waals surface area contributed by atoms with Gasteiger partial charge >= 0.3 is 5.97 Å². The first-order chi connectivity index (χ1) is 11.1. The number of rotatable bonds is 5. The van der Waals surface area contributed by atoms with Crippen molar-refractivity contribution in [3.05, 3.63) is 51.9 Å². The molecule has 0 saturated heterocycles. The average Bonchev–Trinajstić information content (AvgIpc) is 2.45. The van der Waals surface area contributed by atoms with Gasteiger partial charge in [-0.3, -0.25) is 14.1 Å². The van der Waals surface area contributed by atoms with E-state index >= 15 is 0 Å². The van der Waals surface area contributed by atoms with Crippen molar-refractivity contribution in [3.8, 4) is 11.4 Å². The van der Waals surface area contributed by atoms with Crippen LogP contribution in [0.1, 0.15) is 15.9 Å². The minimum Gasteiger partial charge on any atom is -0.495 e. The van der Waals surface area contributed by atoms with Crippen LogP contribution in [-0.4, -0.2) is 37.4 Å². The highest BCUT2D eigenvalue weighted by atomic mass is 32.2. The molecule has 1 aromatic heterocycles. The van der Waals surface area contributed by atoms with Crippen molar-refractivity contribution in [2.24, 2.45) is 0 Å². The number of sulfonamides is 1. The van der Waals surface area contributed by atoms with E-state index in [9.17, 15) is 23.1 Å². The largest absolute Gasteiger partial charge is 0.495 e. The monoisotopic (exact) mass is 352 g/mol. The van der Waals surface area contributed by atoms with Crippen molar-refractivity contribution < 1.29 is 23.1 Å². The van der Waals surface area contributed by atoms with Crippen molar-refractivity contribution >= 4 is 21.7 Å². The van der Waals surface area contributed by atoms with E-state index in [4.69, 9.17) is 4.74 Å². The molecule has 9 heteroatoms. The van der Waals surface area contributed by atoms with Crippen LogP contribution in [0.2, 0.25) is 0 Å². The van der Waals surface area contributed by atoms with Crippen LogP contribution in [-0.2, 0) is 10.0 Å². The molecule has 2 N–H and O–H groups in total. The van der Waals surface area contributed by atoms with Gasteiger partial charge in [-0.1, -0.05) is 0 Å². The minimum absolute atomic E-state index is 0.141. The zero-order valence-corrected chi connectivity index (χ0v) is 14.0. The third-order valence-corrected chi connectivity index (χ3v) is 3.86. The second kappa shape index (κ2) is 6.36. The number of pyridine rings is 1. The van der Waals surface area contributed by atoms with Crippen LogP contribution in [0.15, 0.2) is 35.3 Å². The molecular weight excluding hydrogens is 336 g/mol. The Morgan fingerprint density at radius 3 is 2.50 bits per heavy atom. The number of hydrogen-bond acceptors (Lipinski definition) is 5. The van der Waals surface area contributed by atoms with E-state index in [-0.39, 0.29) is 17.0 Å². The smallest absolute Gasteiger partial charge is 0.341 e. The van der Waals surface area contributed by atoms with Gasteiger partial charge in [0.1, 0.15) is 11.3 Å². The summed E-state index contributed by atoms with van der Waals surface area (Å²) < 4.78 is 31.4. The number of aryl methyl sites for hydroxylation is 1. The van der Waals surface area contributed by atoms with Gasteiger partial charge in [0, 0.05) is 6.20 Å². The van der Waals surface area contributed by atoms with Gasteiger partial charge in [0.2, 0.25) is 10.0 Å². The third kappa shape index (κ3) is 3.57. The van der Waals surface area contributed by atoms with Gasteiger partial charge in [0.05, 0.1) is 24.7 Å². The highest BCUT2D eigenvalue weighted by Crippen LogP contribution is 2.27. The molecule has 128 valence electrons. The first-order valence-corrected chi connectivity index (χ1v) is 8.65. The number of hydrogen-bond donors (Lipinski definition) is 2. The highest BCUT2D eigenvalue weighted by molar-refractivity contribution is 7.92. The first-order valence-electron chi connectivity index (χ1n) is 6.76. The van der Waals surface area contributed by atoms with E-state index in [1.165, 1.54) is 44.5 Å². The van der Waals surface area contributed by atoms with Crippen molar-refractivity contribution in [2.75, 3.05) is 18.1 Å². The Balaban J connectivity index is 2.66. The molecule has 0 spiro atoms. The van der Waals surface area contributed by atoms with Crippen molar-refractivity contribution in [2.45, 2.75) is 6.92 Å². The third-order valence-electron chi connectivity index (χ3n) is 3.27. The molecular formula is C15H16N2O6S. The molecule has 2 aromatic rings. The Bertz CT molecular complexity index is 962. The van der Waals surface area contributed by atoms with Gasteiger partial charge < -0.3 is 9.84 Å². The summed E-state index contributed by atoms with van der Waals surface area (Å²) in [5.41, 5.74) is -0.271. The van der Waals surface area contributed by atoms with Gasteiger partial charge in [-0.2, -0.15) is 0 Å². The number of aromatic nitrogens is 1. The lowest BCUT2D eigenvalue weighted by molar-refractivity contribution is 0.0693. The van der Waals surface area contributed by atoms with Gasteiger partial charge in [0.25, 0.3) is 5.56 Å². The summed E-state index contributed by atoms with van der Waals surface area (Å²) in [6.45, 7) is 1.53. The molecule has 1 heterocycles. The first kappa shape index (κ1) is 17.5. The summed E-state index contributed by atoms with van der Waals surface area (Å²) in [5, 5.41) is 9.18. The molecule has 2 rings (SSSR count). The van der Waals surface area contributed by atoms with Crippen molar-refractivity contribution in [1.29, 1.82) is 0 Å². The fraction of sp³-hybridized carbons (Fsp3) is 0.200. The lowest BCUT2D eigenvalue weighted by atomic mass is 10.1. The average molecular weight is 352 g/mol. The van der Waals surface area contributed by atoms with Crippen LogP contribution in [0.4, 0.5) is 5.69 Å². The Labute approximate surface area is 138 Å². The molecule has 0 fully saturated rings. The zero-order valence-electron chi connectivity index (χ0n) is 13.2. The summed E-state index contributed by atoms with van der Waals surface area (Å²) in [6, 6.07) is 5.89. The number of ether oxygens (including phenoxy) is 1. The molecule has 0 amide bonds. The standard InChI is InChI=1S/C15H16N2O6S/c1-9-6-7-17(14(18)13(9)15(19)20)10-4-5-12(23-2)11(8-10)16-24(3,21)22/h4-8,16H,1-3H3,(H,19,20). The number of nitrogens with one attached hydrogen (secondary N) is 1. The highest BCUT2D eigenvalue weighted by Gasteiger charge is 2.16. The number of benzene rings is 1. The summed E-state index contributed by atoms with van der Waals surface area (Å²) in [4.78, 5) is 23.7. The molecule has 0 saturated carbocycles. The SMILES string of the molecule is COc1ccc(-n2ccc(C)c(C(=O)O)c2=O)cc1NS(C)(=O)=O. The lowest BCUT2D eigenvalue weighted by Crippen LogP contribution is -2.26. The fourth-order valence-electron chi connectivity index (χ4n) is 2.22. The van der Waals surface area contributed by atoms with Crippen molar-refractivity contribution in [1.82, 2.24) is 4.57 Å². The van der Waals surface area contributed by atoms with Crippen LogP contribution in [0.25, 0.3) is 5.69 Å². The number of carbonyl (C=O) groups is 1. The maximum atomic E-state index is 12.4. The summed E-state index contributed by atoms with van der Waals surface area (Å²) in [5.74, 6) is -1.06. The molecule has 24 heavy (non-hydrogen) atoms. The van der Waals surface area contributed by atoms with Gasteiger partial charge in [-0.25, -0.2) is 13.2 Å². The van der Waals surface area contributed by atoms with Gasteiger partial charge in [0.15, 0.2) is 0 Å². The van der Waals surface area contributed by atoms with Crippen LogP contribution in [0, 0.1) is 6.92 Å². The van der Waals surface area contributed by atoms with E-state index in [0.29, 0.717) is 11.3 Å². The number of methoxy groups -OCH3 is 1. The van der Waals surface area contributed by atoms with Crippen LogP contribution < -0.4 is 15.0 Å². The minimum atomic E-state index is -3.56. The Kier molecular flexibility index (Phi) is 4.65. The number of carboxylic acids is 1. The summed E-state index contributed by atoms with van der Waals surface area (Å²) in [7, 11) is -2.18. The topological polar surface area (TPSA) is 115 Å². The Morgan fingerprint density at radius 2 is 1.96 bits per heavy atom. The van der Waals surface area contributed by atoms with E-state index in [2.05, 4.69) is 4.72 Å². The second-order valence-corrected chi connectivity index (χ2v) is 6.86. The fourth-order valence-corrected chi connectivity index (χ4v) is 2.77. The number of carboxylic acid groups (broad SMARTS) is 1. The predicted molar refractivity (Wildman–Crippen MR) is 88.8 cm³/mol. The van der Waals surface area contributed by atoms with Crippen LogP contribution in [0.3, 0.4) is 0 Å². The van der Waals surface area contributed by atoms with E-state index < -0.39 is 21.6 Å². The van der Waals surface area contributed by atoms with E-state index in [1.807, 2.05) is 0 Å². The Morgan fingerprint density at radius 1 is 1.29 bits per heavy atom. The number of nitrogens with zero attached hydrogens (tertiary/aromatic N) is 1. The summed E-state index contributed by atoms with van der Waals surface area (Å²) in [6.07, 6.45) is 2.41. The van der Waals surface area contributed by atoms with E-state index in [0.717, 1.165) is 10.8 Å². The molecule has 1 aromatic carbocycles. The molecule has 8 nitrogen and oxygen atoms in total.